The maximum atomic E-state index is 10.2. The number of carboxylic acids is 3. The van der Waals surface area contributed by atoms with E-state index in [1.54, 1.807) is 0 Å². The van der Waals surface area contributed by atoms with Crippen molar-refractivity contribution in [2.45, 2.75) is 329 Å². The number of hydrogen-bond acceptors (Lipinski definition) is 16. The molecule has 77 heavy (non-hydrogen) atoms. The van der Waals surface area contributed by atoms with Crippen molar-refractivity contribution < 1.29 is 80.2 Å². The van der Waals surface area contributed by atoms with Crippen LogP contribution < -0.4 is 46.0 Å². The first-order valence-corrected chi connectivity index (χ1v) is 28.7. The van der Waals surface area contributed by atoms with E-state index in [9.17, 15) is 29.7 Å². The van der Waals surface area contributed by atoms with Crippen LogP contribution in [-0.2, 0) is 19.9 Å². The molecule has 0 aliphatic carbocycles. The van der Waals surface area contributed by atoms with Gasteiger partial charge in [-0.3, -0.25) is 0 Å². The minimum absolute atomic E-state index is 0. The topological polar surface area (TPSA) is 338 Å². The van der Waals surface area contributed by atoms with Gasteiger partial charge in [0, 0.05) is 17.9 Å². The molecular formula is C57H105Al2CaMgO16. The Morgan fingerprint density at radius 3 is 0.377 bits per heavy atom. The Balaban J connectivity index is -0.0000000824. The van der Waals surface area contributed by atoms with Crippen molar-refractivity contribution >= 4 is 132 Å². The quantitative estimate of drug-likeness (QED) is 0.0497. The molecule has 0 spiro atoms. The number of carbonyl (C=O) groups is 6. The first-order chi connectivity index (χ1) is 34.5. The fraction of sp³-hybridized carbons (Fsp3) is 0.895. The van der Waals surface area contributed by atoms with Crippen molar-refractivity contribution in [3.05, 3.63) is 0 Å². The van der Waals surface area contributed by atoms with Crippen LogP contribution in [0.4, 0.5) is 14.4 Å². The first kappa shape index (κ1) is 101. The van der Waals surface area contributed by atoms with Crippen LogP contribution in [0.5, 0.6) is 0 Å². The van der Waals surface area contributed by atoms with E-state index < -0.39 is 36.4 Å². The maximum Gasteiger partial charge on any atom is 3.00 e. The molecule has 0 aromatic heterocycles. The third-order valence-electron chi connectivity index (χ3n) is 12.0. The summed E-state index contributed by atoms with van der Waals surface area (Å²) in [7, 11) is 0. The molecule has 0 aromatic rings. The molecule has 0 atom stereocenters. The molecule has 0 aromatic carbocycles. The Kier molecular flexibility index (Phi) is 128. The molecule has 0 amide bonds. The summed E-state index contributed by atoms with van der Waals surface area (Å²) in [6.45, 7) is 6.80. The second kappa shape index (κ2) is 97.5. The van der Waals surface area contributed by atoms with E-state index in [4.69, 9.17) is 45.0 Å². The average molecular weight is 1160 g/mol. The normalized spacial score (nSPS) is 9.39. The van der Waals surface area contributed by atoms with Gasteiger partial charge in [0.05, 0.1) is 0 Å². The second-order valence-electron chi connectivity index (χ2n) is 19.0. The van der Waals surface area contributed by atoms with E-state index in [1.807, 2.05) is 0 Å². The summed E-state index contributed by atoms with van der Waals surface area (Å²) in [5.41, 5.74) is 0. The monoisotopic (exact) mass is 1160 g/mol. The van der Waals surface area contributed by atoms with E-state index in [1.165, 1.54) is 250 Å². The number of rotatable bonds is 48. The third kappa shape index (κ3) is 160. The van der Waals surface area contributed by atoms with E-state index in [2.05, 4.69) is 20.8 Å². The van der Waals surface area contributed by atoms with E-state index in [0.717, 1.165) is 38.5 Å². The zero-order valence-corrected chi connectivity index (χ0v) is 55.0. The predicted octanol–water partition coefficient (Wildman–Crippen LogP) is 6.01. The smallest absolute Gasteiger partial charge is 1.00 e. The molecule has 0 N–H and O–H groups in total. The van der Waals surface area contributed by atoms with Crippen LogP contribution in [0.3, 0.4) is 0 Å². The summed E-state index contributed by atoms with van der Waals surface area (Å²) in [5.74, 6) is -2.71. The van der Waals surface area contributed by atoms with Gasteiger partial charge >= 0.3 is 95.5 Å². The Morgan fingerprint density at radius 1 is 0.221 bits per heavy atom. The van der Waals surface area contributed by atoms with Crippen LogP contribution in [-0.4, -0.2) is 132 Å². The molecule has 0 fully saturated rings. The summed E-state index contributed by atoms with van der Waals surface area (Å²) in [5, 5.41) is 80.7. The van der Waals surface area contributed by atoms with Gasteiger partial charge in [-0.25, -0.2) is 0 Å². The van der Waals surface area contributed by atoms with Crippen molar-refractivity contribution in [1.82, 2.24) is 0 Å². The van der Waals surface area contributed by atoms with E-state index in [-0.39, 0.29) is 120 Å². The van der Waals surface area contributed by atoms with Gasteiger partial charge in [0.1, 0.15) is 0 Å². The maximum absolute atomic E-state index is 10.2. The van der Waals surface area contributed by atoms with Gasteiger partial charge in [-0.15, -0.1) is 0 Å². The van der Waals surface area contributed by atoms with Gasteiger partial charge in [-0.1, -0.05) is 290 Å². The van der Waals surface area contributed by atoms with Crippen molar-refractivity contribution in [3.63, 3.8) is 0 Å². The minimum atomic E-state index is -2.33. The molecule has 0 heterocycles. The Bertz CT molecular complexity index is 989. The Hall–Kier alpha value is -0.729. The van der Waals surface area contributed by atoms with Crippen LogP contribution in [0.1, 0.15) is 329 Å². The van der Waals surface area contributed by atoms with Crippen molar-refractivity contribution in [2.24, 2.45) is 0 Å². The minimum Gasteiger partial charge on any atom is -1.00 e. The summed E-state index contributed by atoms with van der Waals surface area (Å²) >= 11 is 0. The fourth-order valence-electron chi connectivity index (χ4n) is 7.92. The molecular weight excluding hydrogens is 1060 g/mol. The summed E-state index contributed by atoms with van der Waals surface area (Å²) in [4.78, 5) is 55.7. The number of carbonyl (C=O) groups excluding carboxylic acids is 6. The fourth-order valence-corrected chi connectivity index (χ4v) is 7.92. The van der Waals surface area contributed by atoms with Crippen molar-refractivity contribution in [2.75, 3.05) is 0 Å². The number of aliphatic carboxylic acids is 3. The zero-order chi connectivity index (χ0) is 55.4. The molecule has 0 bridgehead atoms. The molecule has 0 unspecified atom stereocenters. The molecule has 16 nitrogen and oxygen atoms in total. The van der Waals surface area contributed by atoms with Crippen LogP contribution in [0.25, 0.3) is 0 Å². The predicted molar refractivity (Wildman–Crippen MR) is 294 cm³/mol. The van der Waals surface area contributed by atoms with Crippen molar-refractivity contribution in [1.29, 1.82) is 0 Å². The molecule has 20 heteroatoms. The van der Waals surface area contributed by atoms with E-state index in [0.29, 0.717) is 0 Å². The Morgan fingerprint density at radius 2 is 0.299 bits per heavy atom. The molecule has 439 valence electrons. The summed E-state index contributed by atoms with van der Waals surface area (Å²) < 4.78 is 0. The zero-order valence-electron chi connectivity index (χ0n) is 49.0. The molecule has 0 saturated carbocycles. The van der Waals surface area contributed by atoms with Crippen LogP contribution in [0.15, 0.2) is 0 Å². The van der Waals surface area contributed by atoms with Gasteiger partial charge in [-0.2, -0.15) is 0 Å². The van der Waals surface area contributed by atoms with Gasteiger partial charge in [-0.05, 0) is 57.0 Å². The molecule has 0 aliphatic rings. The first-order valence-electron chi connectivity index (χ1n) is 28.7. The standard InChI is InChI=1S/3C18H36O2.3CH2O3.2Al.Ca.Mg.O/c3*1-2-3-4-5-6-7-8-9-10-11-12-13-14-15-16-17-18(19)20;3*2-1(3)4;;;;;/h3*2-17H2,1H3,(H,19,20);3*(H2,2,3,4);;;;;/q;;;;;;2*+3;2*+2;-1/p-9. The summed E-state index contributed by atoms with van der Waals surface area (Å²) in [6, 6.07) is 0. The largest absolute Gasteiger partial charge is 3.00 e. The molecule has 0 rings (SSSR count). The number of carboxylic acid groups (broad SMARTS) is 9. The molecule has 1 radical (unpaired) electrons. The molecule has 0 aliphatic heterocycles. The Labute approximate surface area is 536 Å². The van der Waals surface area contributed by atoms with Gasteiger partial charge in [0.15, 0.2) is 0 Å². The van der Waals surface area contributed by atoms with E-state index >= 15 is 0 Å². The average Bonchev–Trinajstić information content (AvgIpc) is 3.30. The molecule has 0 saturated heterocycles. The van der Waals surface area contributed by atoms with Crippen LogP contribution in [0, 0.1) is 0 Å². The van der Waals surface area contributed by atoms with Gasteiger partial charge in [0.25, 0.3) is 0 Å². The number of hydrogen-bond donors (Lipinski definition) is 0. The number of unbranched alkanes of at least 4 members (excludes halogenated alkanes) is 42. The van der Waals surface area contributed by atoms with Crippen LogP contribution >= 0.6 is 0 Å². The third-order valence-corrected chi connectivity index (χ3v) is 12.0. The van der Waals surface area contributed by atoms with Gasteiger partial charge in [0.2, 0.25) is 0 Å². The SMILES string of the molecule is CCCCCCCCCCCCCCCCCC(=O)[O-].CCCCCCCCCCCCCCCCCC(=O)[O-].CCCCCCCCCCCCCCCCCC(=O)[O-].O=C([O-])[O-].O=C([O-])[O-].O=C([O-])[O-].[Al+3].[Al+3].[Ca+2].[Mg+2].[O-]. The summed E-state index contributed by atoms with van der Waals surface area (Å²) in [6.07, 6.45) is 52.6. The van der Waals surface area contributed by atoms with Gasteiger partial charge < -0.3 is 80.2 Å². The second-order valence-corrected chi connectivity index (χ2v) is 19.0. The van der Waals surface area contributed by atoms with Crippen LogP contribution in [0.2, 0.25) is 0 Å². The van der Waals surface area contributed by atoms with Crippen molar-refractivity contribution in [3.8, 4) is 0 Å².